The molecule has 1 saturated heterocycles. The zero-order chi connectivity index (χ0) is 22.3. The topological polar surface area (TPSA) is 72.0 Å². The molecular weight excluding hydrogens is 412 g/mol. The predicted molar refractivity (Wildman–Crippen MR) is 121 cm³/mol. The van der Waals surface area contributed by atoms with Gasteiger partial charge in [-0.05, 0) is 56.0 Å². The second kappa shape index (κ2) is 8.22. The lowest BCUT2D eigenvalue weighted by molar-refractivity contribution is -0.917. The SMILES string of the molecule is Cc1ccc(C)c(S(=O)(=O)N2CC[NH+](Cc3cc(=O)oc4c(C)c(C)ccc34)CC2)c1. The molecule has 7 heteroatoms. The average Bonchev–Trinajstić information content (AvgIpc) is 2.73. The van der Waals surface area contributed by atoms with Gasteiger partial charge in [0.05, 0.1) is 31.1 Å². The first-order valence-corrected chi connectivity index (χ1v) is 12.0. The molecule has 0 aliphatic carbocycles. The summed E-state index contributed by atoms with van der Waals surface area (Å²) in [4.78, 5) is 13.8. The van der Waals surface area contributed by atoms with Crippen molar-refractivity contribution < 1.29 is 17.7 Å². The van der Waals surface area contributed by atoms with E-state index in [0.717, 1.165) is 33.2 Å². The molecule has 1 fully saturated rings. The summed E-state index contributed by atoms with van der Waals surface area (Å²) in [5.41, 5.74) is 5.04. The van der Waals surface area contributed by atoms with Crippen molar-refractivity contribution >= 4 is 21.0 Å². The van der Waals surface area contributed by atoms with Crippen molar-refractivity contribution in [1.82, 2.24) is 4.31 Å². The predicted octanol–water partition coefficient (Wildman–Crippen LogP) is 2.12. The third-order valence-corrected chi connectivity index (χ3v) is 8.39. The van der Waals surface area contributed by atoms with Gasteiger partial charge in [-0.1, -0.05) is 24.3 Å². The van der Waals surface area contributed by atoms with Crippen LogP contribution in [-0.4, -0.2) is 38.9 Å². The Morgan fingerprint density at radius 1 is 0.968 bits per heavy atom. The van der Waals surface area contributed by atoms with Gasteiger partial charge in [-0.2, -0.15) is 4.31 Å². The van der Waals surface area contributed by atoms with Crippen molar-refractivity contribution in [3.05, 3.63) is 74.6 Å². The maximum atomic E-state index is 13.2. The van der Waals surface area contributed by atoms with Gasteiger partial charge in [-0.25, -0.2) is 13.2 Å². The maximum absolute atomic E-state index is 13.2. The van der Waals surface area contributed by atoms with E-state index in [9.17, 15) is 13.2 Å². The van der Waals surface area contributed by atoms with E-state index in [1.54, 1.807) is 16.4 Å². The van der Waals surface area contributed by atoms with Crippen molar-refractivity contribution in [2.75, 3.05) is 26.2 Å². The van der Waals surface area contributed by atoms with Gasteiger partial charge in [-0.15, -0.1) is 0 Å². The molecule has 3 aromatic rings. The summed E-state index contributed by atoms with van der Waals surface area (Å²) in [5, 5.41) is 0.959. The van der Waals surface area contributed by atoms with Crippen molar-refractivity contribution in [2.45, 2.75) is 39.1 Å². The van der Waals surface area contributed by atoms with E-state index in [1.165, 1.54) is 4.90 Å². The minimum atomic E-state index is -3.51. The molecule has 2 heterocycles. The summed E-state index contributed by atoms with van der Waals surface area (Å²) in [6.45, 7) is 10.7. The highest BCUT2D eigenvalue weighted by molar-refractivity contribution is 7.89. The summed E-state index contributed by atoms with van der Waals surface area (Å²) in [7, 11) is -3.51. The van der Waals surface area contributed by atoms with Crippen molar-refractivity contribution in [1.29, 1.82) is 0 Å². The molecule has 0 bridgehead atoms. The van der Waals surface area contributed by atoms with Crippen molar-refractivity contribution in [2.24, 2.45) is 0 Å². The lowest BCUT2D eigenvalue weighted by Crippen LogP contribution is -3.13. The van der Waals surface area contributed by atoms with Gasteiger partial charge in [0.15, 0.2) is 0 Å². The molecule has 0 amide bonds. The van der Waals surface area contributed by atoms with Gasteiger partial charge < -0.3 is 9.32 Å². The fourth-order valence-electron chi connectivity index (χ4n) is 4.28. The fourth-order valence-corrected chi connectivity index (χ4v) is 6.04. The molecule has 1 aliphatic heterocycles. The van der Waals surface area contributed by atoms with Crippen molar-refractivity contribution in [3.63, 3.8) is 0 Å². The second-order valence-corrected chi connectivity index (χ2v) is 10.5. The first-order valence-electron chi connectivity index (χ1n) is 10.6. The normalized spacial score (nSPS) is 16.1. The molecule has 4 rings (SSSR count). The van der Waals surface area contributed by atoms with Gasteiger partial charge in [0.1, 0.15) is 12.1 Å². The number of rotatable bonds is 4. The number of nitrogens with one attached hydrogen (secondary N) is 1. The lowest BCUT2D eigenvalue weighted by atomic mass is 10.0. The third kappa shape index (κ3) is 4.18. The van der Waals surface area contributed by atoms with Crippen LogP contribution in [0.5, 0.6) is 0 Å². The second-order valence-electron chi connectivity index (χ2n) is 8.57. The first-order chi connectivity index (χ1) is 14.7. The summed E-state index contributed by atoms with van der Waals surface area (Å²) >= 11 is 0. The highest BCUT2D eigenvalue weighted by Crippen LogP contribution is 2.23. The molecule has 0 spiro atoms. The van der Waals surface area contributed by atoms with Gasteiger partial charge >= 0.3 is 5.63 Å². The van der Waals surface area contributed by atoms with Crippen LogP contribution in [-0.2, 0) is 16.6 Å². The Morgan fingerprint density at radius 2 is 1.65 bits per heavy atom. The molecule has 164 valence electrons. The van der Waals surface area contributed by atoms with Crippen LogP contribution in [0.15, 0.2) is 50.5 Å². The number of nitrogens with zero attached hydrogens (tertiary/aromatic N) is 1. The van der Waals surface area contributed by atoms with Crippen LogP contribution < -0.4 is 10.5 Å². The van der Waals surface area contributed by atoms with Gasteiger partial charge in [0.25, 0.3) is 0 Å². The molecule has 1 aliphatic rings. The summed E-state index contributed by atoms with van der Waals surface area (Å²) in [5.74, 6) is 0. The monoisotopic (exact) mass is 441 g/mol. The Labute approximate surface area is 183 Å². The molecule has 0 unspecified atom stereocenters. The Kier molecular flexibility index (Phi) is 5.77. The van der Waals surface area contributed by atoms with E-state index >= 15 is 0 Å². The molecule has 2 aromatic carbocycles. The number of fused-ring (bicyclic) bond motifs is 1. The number of piperazine rings is 1. The molecule has 1 N–H and O–H groups in total. The van der Waals surface area contributed by atoms with Crippen LogP contribution in [0.2, 0.25) is 0 Å². The molecule has 0 atom stereocenters. The van der Waals surface area contributed by atoms with E-state index in [0.29, 0.717) is 43.2 Å². The maximum Gasteiger partial charge on any atom is 0.336 e. The summed E-state index contributed by atoms with van der Waals surface area (Å²) < 4.78 is 33.4. The van der Waals surface area contributed by atoms with E-state index in [1.807, 2.05) is 52.0 Å². The number of benzene rings is 2. The standard InChI is InChI=1S/C24H28N2O4S/c1-16-5-6-18(3)22(13-16)31(28,29)26-11-9-25(10-12-26)15-20-14-23(27)30-24-19(4)17(2)7-8-21(20)24/h5-8,13-14H,9-12,15H2,1-4H3/p+1. The van der Waals surface area contributed by atoms with Crippen LogP contribution in [0, 0.1) is 27.7 Å². The summed E-state index contributed by atoms with van der Waals surface area (Å²) in [6, 6.07) is 11.2. The fraction of sp³-hybridized carbons (Fsp3) is 0.375. The average molecular weight is 442 g/mol. The quantitative estimate of drug-likeness (QED) is 0.630. The molecule has 0 saturated carbocycles. The van der Waals surface area contributed by atoms with Crippen LogP contribution >= 0.6 is 0 Å². The molecule has 31 heavy (non-hydrogen) atoms. The van der Waals surface area contributed by atoms with Crippen molar-refractivity contribution in [3.8, 4) is 0 Å². The van der Waals surface area contributed by atoms with Crippen LogP contribution in [0.25, 0.3) is 11.0 Å². The number of sulfonamides is 1. The van der Waals surface area contributed by atoms with E-state index in [2.05, 4.69) is 0 Å². The van der Waals surface area contributed by atoms with Gasteiger partial charge in [0, 0.05) is 17.0 Å². The Bertz CT molecular complexity index is 1300. The Balaban J connectivity index is 1.53. The van der Waals surface area contributed by atoms with E-state index < -0.39 is 10.0 Å². The molecule has 1 aromatic heterocycles. The van der Waals surface area contributed by atoms with Gasteiger partial charge in [-0.3, -0.25) is 0 Å². The zero-order valence-electron chi connectivity index (χ0n) is 18.5. The minimum Gasteiger partial charge on any atom is -0.422 e. The molecule has 6 nitrogen and oxygen atoms in total. The number of quaternary nitrogens is 1. The smallest absolute Gasteiger partial charge is 0.336 e. The highest BCUT2D eigenvalue weighted by atomic mass is 32.2. The summed E-state index contributed by atoms with van der Waals surface area (Å²) in [6.07, 6.45) is 0. The van der Waals surface area contributed by atoms with E-state index in [-0.39, 0.29) is 5.63 Å². The molecular formula is C24H29N2O4S+. The van der Waals surface area contributed by atoms with Crippen LogP contribution in [0.4, 0.5) is 0 Å². The molecule has 0 radical (unpaired) electrons. The third-order valence-electron chi connectivity index (χ3n) is 6.35. The van der Waals surface area contributed by atoms with Crippen LogP contribution in [0.1, 0.15) is 27.8 Å². The van der Waals surface area contributed by atoms with Gasteiger partial charge in [0.2, 0.25) is 10.0 Å². The Hall–Kier alpha value is -2.48. The lowest BCUT2D eigenvalue weighted by Gasteiger charge is -2.32. The van der Waals surface area contributed by atoms with Crippen LogP contribution in [0.3, 0.4) is 0 Å². The number of aryl methyl sites for hydroxylation is 4. The number of hydrogen-bond acceptors (Lipinski definition) is 4. The minimum absolute atomic E-state index is 0.341. The number of hydrogen-bond donors (Lipinski definition) is 1. The zero-order valence-corrected chi connectivity index (χ0v) is 19.3. The van der Waals surface area contributed by atoms with E-state index in [4.69, 9.17) is 4.42 Å². The largest absolute Gasteiger partial charge is 0.422 e. The first kappa shape index (κ1) is 21.7. The highest BCUT2D eigenvalue weighted by Gasteiger charge is 2.31. The Morgan fingerprint density at radius 3 is 2.35 bits per heavy atom.